The molecule has 0 unspecified atom stereocenters. The van der Waals surface area contributed by atoms with E-state index in [4.69, 9.17) is 13.9 Å². The molecule has 0 aliphatic heterocycles. The first-order valence-corrected chi connectivity index (χ1v) is 8.71. The van der Waals surface area contributed by atoms with Gasteiger partial charge in [-0.3, -0.25) is 10.1 Å². The van der Waals surface area contributed by atoms with Gasteiger partial charge in [0.2, 0.25) is 5.89 Å². The monoisotopic (exact) mass is 367 g/mol. The first-order chi connectivity index (χ1) is 13.2. The lowest BCUT2D eigenvalue weighted by molar-refractivity contribution is 0.102. The minimum atomic E-state index is -0.350. The second-order valence-electron chi connectivity index (χ2n) is 5.83. The van der Waals surface area contributed by atoms with E-state index in [1.807, 2.05) is 24.3 Å². The molecule has 0 radical (unpaired) electrons. The Morgan fingerprint density at radius 1 is 1.11 bits per heavy atom. The molecule has 1 amide bonds. The zero-order chi connectivity index (χ0) is 19.1. The summed E-state index contributed by atoms with van der Waals surface area (Å²) in [4.78, 5) is 12.4. The molecule has 7 nitrogen and oxygen atoms in total. The number of benzene rings is 2. The van der Waals surface area contributed by atoms with E-state index in [0.29, 0.717) is 35.1 Å². The molecule has 1 heterocycles. The van der Waals surface area contributed by atoms with Crippen LogP contribution in [0.3, 0.4) is 0 Å². The molecule has 0 atom stereocenters. The fourth-order valence-corrected chi connectivity index (χ4v) is 2.38. The van der Waals surface area contributed by atoms with Crippen LogP contribution in [0.25, 0.3) is 11.5 Å². The minimum absolute atomic E-state index is 0.0233. The van der Waals surface area contributed by atoms with Crippen molar-refractivity contribution in [1.82, 2.24) is 10.2 Å². The van der Waals surface area contributed by atoms with E-state index in [0.717, 1.165) is 12.8 Å². The maximum atomic E-state index is 12.4. The van der Waals surface area contributed by atoms with Gasteiger partial charge >= 0.3 is 6.01 Å². The van der Waals surface area contributed by atoms with Gasteiger partial charge in [-0.05, 0) is 42.8 Å². The van der Waals surface area contributed by atoms with Crippen LogP contribution in [0.15, 0.2) is 52.9 Å². The molecule has 7 heteroatoms. The standard InChI is InChI=1S/C20H21N3O4/c1-3-4-11-26-17-10-5-7-14(12-17)18(24)21-20-23-22-19(27-20)15-8-6-9-16(13-15)25-2/h5-10,12-13H,3-4,11H2,1-2H3,(H,21,23,24). The van der Waals surface area contributed by atoms with Crippen molar-refractivity contribution in [3.8, 4) is 23.0 Å². The number of carbonyl (C=O) groups excluding carboxylic acids is 1. The number of rotatable bonds is 8. The number of ether oxygens (including phenoxy) is 2. The van der Waals surface area contributed by atoms with E-state index >= 15 is 0 Å². The number of nitrogens with one attached hydrogen (secondary N) is 1. The predicted molar refractivity (Wildman–Crippen MR) is 101 cm³/mol. The topological polar surface area (TPSA) is 86.5 Å². The van der Waals surface area contributed by atoms with Crippen LogP contribution in [0, 0.1) is 0 Å². The van der Waals surface area contributed by atoms with Crippen molar-refractivity contribution in [2.45, 2.75) is 19.8 Å². The van der Waals surface area contributed by atoms with Crippen LogP contribution in [0.5, 0.6) is 11.5 Å². The van der Waals surface area contributed by atoms with Crippen LogP contribution in [0.2, 0.25) is 0 Å². The molecule has 0 spiro atoms. The summed E-state index contributed by atoms with van der Waals surface area (Å²) < 4.78 is 16.3. The molecule has 1 aromatic heterocycles. The van der Waals surface area contributed by atoms with Crippen molar-refractivity contribution in [2.24, 2.45) is 0 Å². The van der Waals surface area contributed by atoms with E-state index < -0.39 is 0 Å². The average molecular weight is 367 g/mol. The number of amides is 1. The van der Waals surface area contributed by atoms with Crippen LogP contribution in [-0.2, 0) is 0 Å². The Hall–Kier alpha value is -3.35. The summed E-state index contributed by atoms with van der Waals surface area (Å²) in [7, 11) is 1.58. The number of unbranched alkanes of at least 4 members (excludes halogenated alkanes) is 1. The lowest BCUT2D eigenvalue weighted by Gasteiger charge is -2.07. The summed E-state index contributed by atoms with van der Waals surface area (Å²) in [6, 6.07) is 14.2. The van der Waals surface area contributed by atoms with Crippen molar-refractivity contribution in [3.05, 3.63) is 54.1 Å². The second-order valence-corrected chi connectivity index (χ2v) is 5.83. The summed E-state index contributed by atoms with van der Waals surface area (Å²) in [5.41, 5.74) is 1.15. The molecule has 3 aromatic rings. The molecular weight excluding hydrogens is 346 g/mol. The number of carbonyl (C=O) groups is 1. The van der Waals surface area contributed by atoms with Gasteiger partial charge in [0.15, 0.2) is 0 Å². The van der Waals surface area contributed by atoms with Crippen LogP contribution in [-0.4, -0.2) is 29.8 Å². The maximum Gasteiger partial charge on any atom is 0.322 e. The molecule has 0 saturated heterocycles. The molecule has 3 rings (SSSR count). The smallest absolute Gasteiger partial charge is 0.322 e. The molecule has 0 saturated carbocycles. The predicted octanol–water partition coefficient (Wildman–Crippen LogP) is 4.18. The molecule has 0 aliphatic rings. The van der Waals surface area contributed by atoms with Gasteiger partial charge in [0.1, 0.15) is 11.5 Å². The average Bonchev–Trinajstić information content (AvgIpc) is 3.17. The summed E-state index contributed by atoms with van der Waals surface area (Å²) in [6.45, 7) is 2.71. The van der Waals surface area contributed by atoms with Gasteiger partial charge < -0.3 is 13.9 Å². The third-order valence-corrected chi connectivity index (χ3v) is 3.82. The fraction of sp³-hybridized carbons (Fsp3) is 0.250. The molecule has 2 aromatic carbocycles. The fourth-order valence-electron chi connectivity index (χ4n) is 2.38. The summed E-state index contributed by atoms with van der Waals surface area (Å²) in [5, 5.41) is 10.4. The number of nitrogens with zero attached hydrogens (tertiary/aromatic N) is 2. The highest BCUT2D eigenvalue weighted by atomic mass is 16.5. The van der Waals surface area contributed by atoms with Gasteiger partial charge in [-0.2, -0.15) is 0 Å². The van der Waals surface area contributed by atoms with Crippen molar-refractivity contribution >= 4 is 11.9 Å². The van der Waals surface area contributed by atoms with Crippen LogP contribution in [0.4, 0.5) is 6.01 Å². The highest BCUT2D eigenvalue weighted by Crippen LogP contribution is 2.24. The SMILES string of the molecule is CCCCOc1cccc(C(=O)Nc2nnc(-c3cccc(OC)c3)o2)c1. The Bertz CT molecular complexity index is 908. The molecule has 0 fully saturated rings. The zero-order valence-corrected chi connectivity index (χ0v) is 15.3. The summed E-state index contributed by atoms with van der Waals surface area (Å²) >= 11 is 0. The largest absolute Gasteiger partial charge is 0.497 e. The third-order valence-electron chi connectivity index (χ3n) is 3.82. The van der Waals surface area contributed by atoms with E-state index in [2.05, 4.69) is 22.4 Å². The molecule has 0 bridgehead atoms. The van der Waals surface area contributed by atoms with Crippen molar-refractivity contribution < 1.29 is 18.7 Å². The maximum absolute atomic E-state index is 12.4. The highest BCUT2D eigenvalue weighted by Gasteiger charge is 2.14. The Morgan fingerprint density at radius 3 is 2.74 bits per heavy atom. The Morgan fingerprint density at radius 2 is 1.93 bits per heavy atom. The van der Waals surface area contributed by atoms with Crippen molar-refractivity contribution in [3.63, 3.8) is 0 Å². The molecular formula is C20H21N3O4. The third kappa shape index (κ3) is 4.84. The van der Waals surface area contributed by atoms with E-state index in [1.54, 1.807) is 31.4 Å². The molecule has 140 valence electrons. The Kier molecular flexibility index (Phi) is 6.04. The van der Waals surface area contributed by atoms with E-state index in [1.165, 1.54) is 0 Å². The molecule has 0 aliphatic carbocycles. The zero-order valence-electron chi connectivity index (χ0n) is 15.3. The quantitative estimate of drug-likeness (QED) is 0.601. The number of aromatic nitrogens is 2. The number of methoxy groups -OCH3 is 1. The van der Waals surface area contributed by atoms with Gasteiger partial charge in [-0.15, -0.1) is 5.10 Å². The Balaban J connectivity index is 1.68. The van der Waals surface area contributed by atoms with Gasteiger partial charge in [-0.1, -0.05) is 30.6 Å². The molecule has 1 N–H and O–H groups in total. The lowest BCUT2D eigenvalue weighted by Crippen LogP contribution is -2.12. The van der Waals surface area contributed by atoms with Crippen LogP contribution < -0.4 is 14.8 Å². The molecule has 27 heavy (non-hydrogen) atoms. The lowest BCUT2D eigenvalue weighted by atomic mass is 10.2. The number of hydrogen-bond acceptors (Lipinski definition) is 6. The van der Waals surface area contributed by atoms with Crippen LogP contribution >= 0.6 is 0 Å². The number of hydrogen-bond donors (Lipinski definition) is 1. The van der Waals surface area contributed by atoms with Gasteiger partial charge in [0.25, 0.3) is 5.91 Å². The normalized spacial score (nSPS) is 10.4. The van der Waals surface area contributed by atoms with Crippen molar-refractivity contribution in [2.75, 3.05) is 19.0 Å². The van der Waals surface area contributed by atoms with Crippen molar-refractivity contribution in [1.29, 1.82) is 0 Å². The first kappa shape index (κ1) is 18.4. The van der Waals surface area contributed by atoms with Gasteiger partial charge in [0.05, 0.1) is 13.7 Å². The van der Waals surface area contributed by atoms with E-state index in [9.17, 15) is 4.79 Å². The number of anilines is 1. The van der Waals surface area contributed by atoms with Crippen LogP contribution in [0.1, 0.15) is 30.1 Å². The van der Waals surface area contributed by atoms with E-state index in [-0.39, 0.29) is 11.9 Å². The van der Waals surface area contributed by atoms with Gasteiger partial charge in [-0.25, -0.2) is 0 Å². The minimum Gasteiger partial charge on any atom is -0.497 e. The second kappa shape index (κ2) is 8.84. The summed E-state index contributed by atoms with van der Waals surface area (Å²) in [5.74, 6) is 1.27. The first-order valence-electron chi connectivity index (χ1n) is 8.71. The summed E-state index contributed by atoms with van der Waals surface area (Å²) in [6.07, 6.45) is 2.01. The van der Waals surface area contributed by atoms with Gasteiger partial charge in [0, 0.05) is 11.1 Å². The highest BCUT2D eigenvalue weighted by molar-refractivity contribution is 6.03. The Labute approximate surface area is 157 Å².